The smallest absolute Gasteiger partial charge is 0.259 e. The number of halogens is 1. The van der Waals surface area contributed by atoms with E-state index in [1.165, 1.54) is 12.1 Å². The Bertz CT molecular complexity index is 653. The Morgan fingerprint density at radius 1 is 1.18 bits per heavy atom. The molecule has 1 aromatic carbocycles. The lowest BCUT2D eigenvalue weighted by Crippen LogP contribution is -2.43. The van der Waals surface area contributed by atoms with E-state index in [9.17, 15) is 9.18 Å². The second-order valence-electron chi connectivity index (χ2n) is 5.07. The van der Waals surface area contributed by atoms with Crippen molar-refractivity contribution in [1.82, 2.24) is 10.3 Å². The summed E-state index contributed by atoms with van der Waals surface area (Å²) in [6, 6.07) is 9.52. The number of rotatable bonds is 3. The molecule has 0 spiro atoms. The van der Waals surface area contributed by atoms with E-state index in [1.54, 1.807) is 24.4 Å². The van der Waals surface area contributed by atoms with Crippen LogP contribution in [0.4, 0.5) is 15.9 Å². The van der Waals surface area contributed by atoms with Crippen molar-refractivity contribution in [2.24, 2.45) is 0 Å². The van der Waals surface area contributed by atoms with Crippen molar-refractivity contribution in [1.29, 1.82) is 0 Å². The normalized spacial score (nSPS) is 14.7. The summed E-state index contributed by atoms with van der Waals surface area (Å²) in [5.74, 6) is -0.634. The Morgan fingerprint density at radius 2 is 1.95 bits per heavy atom. The van der Waals surface area contributed by atoms with Crippen LogP contribution < -0.4 is 15.5 Å². The van der Waals surface area contributed by atoms with Crippen LogP contribution in [0.15, 0.2) is 42.6 Å². The van der Waals surface area contributed by atoms with E-state index in [2.05, 4.69) is 20.5 Å². The highest BCUT2D eigenvalue weighted by atomic mass is 19.1. The van der Waals surface area contributed by atoms with E-state index in [1.807, 2.05) is 6.07 Å². The monoisotopic (exact) mass is 300 g/mol. The highest BCUT2D eigenvalue weighted by Gasteiger charge is 2.13. The second kappa shape index (κ2) is 6.53. The largest absolute Gasteiger partial charge is 0.368 e. The van der Waals surface area contributed by atoms with Crippen LogP contribution in [-0.2, 0) is 0 Å². The zero-order valence-corrected chi connectivity index (χ0v) is 12.1. The van der Waals surface area contributed by atoms with E-state index < -0.39 is 11.7 Å². The van der Waals surface area contributed by atoms with Crippen LogP contribution in [0.5, 0.6) is 0 Å². The van der Waals surface area contributed by atoms with E-state index in [0.717, 1.165) is 31.9 Å². The number of anilines is 2. The molecule has 0 unspecified atom stereocenters. The molecule has 0 radical (unpaired) electrons. The molecule has 22 heavy (non-hydrogen) atoms. The predicted octanol–water partition coefficient (Wildman–Crippen LogP) is 1.88. The summed E-state index contributed by atoms with van der Waals surface area (Å²) in [5.41, 5.74) is 1.03. The zero-order chi connectivity index (χ0) is 15.4. The van der Waals surface area contributed by atoms with Gasteiger partial charge in [0, 0.05) is 26.2 Å². The van der Waals surface area contributed by atoms with Crippen LogP contribution in [0.25, 0.3) is 0 Å². The maximum absolute atomic E-state index is 13.6. The number of pyridine rings is 1. The van der Waals surface area contributed by atoms with Crippen molar-refractivity contribution in [3.05, 3.63) is 54.0 Å². The first kappa shape index (κ1) is 14.5. The van der Waals surface area contributed by atoms with Gasteiger partial charge < -0.3 is 15.5 Å². The standard InChI is InChI=1S/C16H17FN4O/c17-14-4-2-1-3-13(14)16(22)20-15-6-5-12(11-19-15)21-9-7-18-8-10-21/h1-6,11,18H,7-10H2,(H,19,20,22). The molecule has 1 saturated heterocycles. The number of carbonyl (C=O) groups is 1. The van der Waals surface area contributed by atoms with Crippen molar-refractivity contribution >= 4 is 17.4 Å². The van der Waals surface area contributed by atoms with Crippen molar-refractivity contribution in [3.63, 3.8) is 0 Å². The van der Waals surface area contributed by atoms with Crippen molar-refractivity contribution in [2.75, 3.05) is 36.4 Å². The molecule has 0 saturated carbocycles. The fraction of sp³-hybridized carbons (Fsp3) is 0.250. The van der Waals surface area contributed by atoms with Gasteiger partial charge >= 0.3 is 0 Å². The molecule has 1 aliphatic rings. The summed E-state index contributed by atoms with van der Waals surface area (Å²) in [6.07, 6.45) is 1.72. The van der Waals surface area contributed by atoms with Gasteiger partial charge in [0.25, 0.3) is 5.91 Å². The van der Waals surface area contributed by atoms with E-state index >= 15 is 0 Å². The maximum Gasteiger partial charge on any atom is 0.259 e. The fourth-order valence-electron chi connectivity index (χ4n) is 2.40. The van der Waals surface area contributed by atoms with Gasteiger partial charge in [0.15, 0.2) is 0 Å². The van der Waals surface area contributed by atoms with E-state index in [0.29, 0.717) is 5.82 Å². The number of carbonyl (C=O) groups excluding carboxylic acids is 1. The average molecular weight is 300 g/mol. The topological polar surface area (TPSA) is 57.3 Å². The number of hydrogen-bond acceptors (Lipinski definition) is 4. The van der Waals surface area contributed by atoms with Crippen LogP contribution in [0.2, 0.25) is 0 Å². The minimum Gasteiger partial charge on any atom is -0.368 e. The first-order valence-corrected chi connectivity index (χ1v) is 7.21. The van der Waals surface area contributed by atoms with Gasteiger partial charge in [-0.1, -0.05) is 12.1 Å². The number of piperazine rings is 1. The SMILES string of the molecule is O=C(Nc1ccc(N2CCNCC2)cn1)c1ccccc1F. The van der Waals surface area contributed by atoms with E-state index in [4.69, 9.17) is 0 Å². The van der Waals surface area contributed by atoms with Gasteiger partial charge in [-0.25, -0.2) is 9.37 Å². The first-order chi connectivity index (χ1) is 10.7. The number of nitrogens with zero attached hydrogens (tertiary/aromatic N) is 2. The van der Waals surface area contributed by atoms with Crippen LogP contribution >= 0.6 is 0 Å². The Morgan fingerprint density at radius 3 is 2.64 bits per heavy atom. The Balaban J connectivity index is 1.68. The molecule has 0 atom stereocenters. The summed E-state index contributed by atoms with van der Waals surface area (Å²) in [4.78, 5) is 18.5. The molecule has 114 valence electrons. The zero-order valence-electron chi connectivity index (χ0n) is 12.1. The molecule has 1 amide bonds. The molecule has 6 heteroatoms. The van der Waals surface area contributed by atoms with Gasteiger partial charge in [0.2, 0.25) is 0 Å². The molecule has 3 rings (SSSR count). The summed E-state index contributed by atoms with van der Waals surface area (Å²) in [6.45, 7) is 3.77. The van der Waals surface area contributed by atoms with Gasteiger partial charge in [0.1, 0.15) is 11.6 Å². The van der Waals surface area contributed by atoms with Gasteiger partial charge in [-0.15, -0.1) is 0 Å². The molecular weight excluding hydrogens is 283 g/mol. The fourth-order valence-corrected chi connectivity index (χ4v) is 2.40. The predicted molar refractivity (Wildman–Crippen MR) is 83.7 cm³/mol. The Hall–Kier alpha value is -2.47. The van der Waals surface area contributed by atoms with Crippen molar-refractivity contribution < 1.29 is 9.18 Å². The lowest BCUT2D eigenvalue weighted by Gasteiger charge is -2.29. The molecular formula is C16H17FN4O. The van der Waals surface area contributed by atoms with Gasteiger partial charge in [-0.2, -0.15) is 0 Å². The van der Waals surface area contributed by atoms with Gasteiger partial charge in [-0.05, 0) is 24.3 Å². The lowest BCUT2D eigenvalue weighted by molar-refractivity contribution is 0.102. The molecule has 0 aliphatic carbocycles. The number of amides is 1. The molecule has 1 aromatic heterocycles. The summed E-state index contributed by atoms with van der Waals surface area (Å²) in [5, 5.41) is 5.90. The third-order valence-corrected chi connectivity index (χ3v) is 3.59. The quantitative estimate of drug-likeness (QED) is 0.909. The molecule has 1 aliphatic heterocycles. The van der Waals surface area contributed by atoms with Crippen LogP contribution in [0.3, 0.4) is 0 Å². The molecule has 2 heterocycles. The number of nitrogens with one attached hydrogen (secondary N) is 2. The first-order valence-electron chi connectivity index (χ1n) is 7.21. The maximum atomic E-state index is 13.6. The second-order valence-corrected chi connectivity index (χ2v) is 5.07. The molecule has 1 fully saturated rings. The van der Waals surface area contributed by atoms with Crippen LogP contribution in [0, 0.1) is 5.82 Å². The highest BCUT2D eigenvalue weighted by Crippen LogP contribution is 2.16. The Kier molecular flexibility index (Phi) is 4.29. The molecule has 0 bridgehead atoms. The third-order valence-electron chi connectivity index (χ3n) is 3.59. The number of aromatic nitrogens is 1. The third kappa shape index (κ3) is 3.23. The minimum atomic E-state index is -0.544. The Labute approximate surface area is 128 Å². The van der Waals surface area contributed by atoms with Crippen molar-refractivity contribution in [3.8, 4) is 0 Å². The molecule has 2 aromatic rings. The highest BCUT2D eigenvalue weighted by molar-refractivity contribution is 6.03. The summed E-state index contributed by atoms with van der Waals surface area (Å²) >= 11 is 0. The van der Waals surface area contributed by atoms with Crippen LogP contribution in [0.1, 0.15) is 10.4 Å². The number of benzene rings is 1. The van der Waals surface area contributed by atoms with Gasteiger partial charge in [-0.3, -0.25) is 4.79 Å². The average Bonchev–Trinajstić information content (AvgIpc) is 2.57. The number of hydrogen-bond donors (Lipinski definition) is 2. The van der Waals surface area contributed by atoms with Crippen LogP contribution in [-0.4, -0.2) is 37.1 Å². The van der Waals surface area contributed by atoms with E-state index in [-0.39, 0.29) is 5.56 Å². The molecule has 5 nitrogen and oxygen atoms in total. The lowest BCUT2D eigenvalue weighted by atomic mass is 10.2. The minimum absolute atomic E-state index is 0.00971. The van der Waals surface area contributed by atoms with Gasteiger partial charge in [0.05, 0.1) is 17.4 Å². The molecule has 2 N–H and O–H groups in total. The summed E-state index contributed by atoms with van der Waals surface area (Å²) < 4.78 is 13.6. The van der Waals surface area contributed by atoms with Crippen molar-refractivity contribution in [2.45, 2.75) is 0 Å². The summed E-state index contributed by atoms with van der Waals surface area (Å²) in [7, 11) is 0.